The lowest BCUT2D eigenvalue weighted by Crippen LogP contribution is -2.05. The Kier molecular flexibility index (Phi) is 4.14. The zero-order valence-corrected chi connectivity index (χ0v) is 10.9. The number of aromatic nitrogens is 2. The first kappa shape index (κ1) is 13.5. The van der Waals surface area contributed by atoms with Crippen LogP contribution in [0.4, 0.5) is 4.39 Å². The molecule has 0 aliphatic carbocycles. The van der Waals surface area contributed by atoms with E-state index in [2.05, 4.69) is 16.5 Å². The van der Waals surface area contributed by atoms with Crippen molar-refractivity contribution in [2.45, 2.75) is 39.2 Å². The van der Waals surface area contributed by atoms with Gasteiger partial charge in [0.15, 0.2) is 0 Å². The Morgan fingerprint density at radius 3 is 2.95 bits per heavy atom. The third-order valence-corrected chi connectivity index (χ3v) is 3.03. The molecule has 0 aliphatic heterocycles. The van der Waals surface area contributed by atoms with Crippen molar-refractivity contribution in [2.24, 2.45) is 0 Å². The second-order valence-electron chi connectivity index (χ2n) is 4.56. The molecule has 0 atom stereocenters. The van der Waals surface area contributed by atoms with E-state index < -0.39 is 5.97 Å². The lowest BCUT2D eigenvalue weighted by atomic mass is 10.2. The predicted molar refractivity (Wildman–Crippen MR) is 70.6 cm³/mol. The van der Waals surface area contributed by atoms with Gasteiger partial charge in [-0.15, -0.1) is 0 Å². The Balaban J connectivity index is 2.30. The number of halogens is 1. The van der Waals surface area contributed by atoms with E-state index in [1.165, 1.54) is 12.1 Å². The minimum Gasteiger partial charge on any atom is -0.481 e. The SMILES string of the molecule is CCCn1c(CCCC(=O)O)nc2cc(F)ccc21. The zero-order valence-electron chi connectivity index (χ0n) is 10.9. The van der Waals surface area contributed by atoms with Crippen LogP contribution in [0.2, 0.25) is 0 Å². The van der Waals surface area contributed by atoms with Crippen molar-refractivity contribution >= 4 is 17.0 Å². The lowest BCUT2D eigenvalue weighted by Gasteiger charge is -2.07. The number of hydrogen-bond acceptors (Lipinski definition) is 2. The molecule has 1 aromatic heterocycles. The van der Waals surface area contributed by atoms with Gasteiger partial charge in [0.2, 0.25) is 0 Å². The average Bonchev–Trinajstić information content (AvgIpc) is 2.67. The van der Waals surface area contributed by atoms with Gasteiger partial charge < -0.3 is 9.67 Å². The number of aliphatic carboxylic acids is 1. The van der Waals surface area contributed by atoms with Crippen molar-refractivity contribution in [2.75, 3.05) is 0 Å². The van der Waals surface area contributed by atoms with Crippen LogP contribution < -0.4 is 0 Å². The Labute approximate surface area is 110 Å². The first-order valence-corrected chi connectivity index (χ1v) is 6.48. The Bertz CT molecular complexity index is 592. The Hall–Kier alpha value is -1.91. The van der Waals surface area contributed by atoms with Crippen molar-refractivity contribution < 1.29 is 14.3 Å². The highest BCUT2D eigenvalue weighted by molar-refractivity contribution is 5.76. The standard InChI is InChI=1S/C14H17FN2O2/c1-2-8-17-12-7-6-10(15)9-11(12)16-13(17)4-3-5-14(18)19/h6-7,9H,2-5,8H2,1H3,(H,18,19). The summed E-state index contributed by atoms with van der Waals surface area (Å²) in [4.78, 5) is 15.0. The number of benzene rings is 1. The smallest absolute Gasteiger partial charge is 0.303 e. The first-order valence-electron chi connectivity index (χ1n) is 6.48. The van der Waals surface area contributed by atoms with Crippen LogP contribution in [0.1, 0.15) is 32.0 Å². The molecular weight excluding hydrogens is 247 g/mol. The molecule has 0 unspecified atom stereocenters. The van der Waals surface area contributed by atoms with Crippen LogP contribution in [-0.2, 0) is 17.8 Å². The molecule has 1 aromatic carbocycles. The van der Waals surface area contributed by atoms with Crippen LogP contribution in [0, 0.1) is 5.82 Å². The summed E-state index contributed by atoms with van der Waals surface area (Å²) in [6.07, 6.45) is 2.23. The molecule has 0 aliphatic rings. The van der Waals surface area contributed by atoms with Gasteiger partial charge >= 0.3 is 5.97 Å². The van der Waals surface area contributed by atoms with Crippen molar-refractivity contribution in [3.05, 3.63) is 29.8 Å². The number of aryl methyl sites for hydroxylation is 2. The van der Waals surface area contributed by atoms with Crippen molar-refractivity contribution in [3.8, 4) is 0 Å². The zero-order chi connectivity index (χ0) is 13.8. The van der Waals surface area contributed by atoms with Crippen molar-refractivity contribution in [1.29, 1.82) is 0 Å². The number of fused-ring (bicyclic) bond motifs is 1. The highest BCUT2D eigenvalue weighted by Gasteiger charge is 2.11. The van der Waals surface area contributed by atoms with Gasteiger partial charge in [0.05, 0.1) is 11.0 Å². The highest BCUT2D eigenvalue weighted by Crippen LogP contribution is 2.19. The molecule has 2 rings (SSSR count). The topological polar surface area (TPSA) is 55.1 Å². The number of rotatable bonds is 6. The van der Waals surface area contributed by atoms with E-state index in [1.54, 1.807) is 6.07 Å². The third-order valence-electron chi connectivity index (χ3n) is 3.03. The number of nitrogens with zero attached hydrogens (tertiary/aromatic N) is 2. The van der Waals surface area contributed by atoms with E-state index >= 15 is 0 Å². The summed E-state index contributed by atoms with van der Waals surface area (Å²) < 4.78 is 15.2. The minimum absolute atomic E-state index is 0.129. The number of imidazole rings is 1. The summed E-state index contributed by atoms with van der Waals surface area (Å²) in [6, 6.07) is 4.58. The summed E-state index contributed by atoms with van der Waals surface area (Å²) in [5.41, 5.74) is 1.55. The van der Waals surface area contributed by atoms with Gasteiger partial charge in [-0.2, -0.15) is 0 Å². The molecule has 1 heterocycles. The third kappa shape index (κ3) is 3.10. The average molecular weight is 264 g/mol. The van der Waals surface area contributed by atoms with Crippen LogP contribution in [0.5, 0.6) is 0 Å². The molecule has 102 valence electrons. The van der Waals surface area contributed by atoms with Gasteiger partial charge in [-0.25, -0.2) is 9.37 Å². The fourth-order valence-corrected chi connectivity index (χ4v) is 2.21. The molecular formula is C14H17FN2O2. The summed E-state index contributed by atoms with van der Waals surface area (Å²) >= 11 is 0. The Morgan fingerprint density at radius 2 is 2.26 bits per heavy atom. The van der Waals surface area contributed by atoms with E-state index in [0.29, 0.717) is 18.4 Å². The maximum atomic E-state index is 13.2. The van der Waals surface area contributed by atoms with Gasteiger partial charge in [-0.3, -0.25) is 4.79 Å². The highest BCUT2D eigenvalue weighted by atomic mass is 19.1. The molecule has 0 fully saturated rings. The van der Waals surface area contributed by atoms with Crippen molar-refractivity contribution in [3.63, 3.8) is 0 Å². The van der Waals surface area contributed by atoms with Crippen LogP contribution in [0.25, 0.3) is 11.0 Å². The number of carbonyl (C=O) groups is 1. The van der Waals surface area contributed by atoms with Gasteiger partial charge in [0.25, 0.3) is 0 Å². The van der Waals surface area contributed by atoms with Gasteiger partial charge in [-0.1, -0.05) is 6.92 Å². The molecule has 2 aromatic rings. The van der Waals surface area contributed by atoms with Crippen LogP contribution in [0.15, 0.2) is 18.2 Å². The molecule has 0 saturated heterocycles. The van der Waals surface area contributed by atoms with E-state index in [4.69, 9.17) is 5.11 Å². The van der Waals surface area contributed by atoms with E-state index in [0.717, 1.165) is 24.3 Å². The maximum absolute atomic E-state index is 13.2. The molecule has 1 N–H and O–H groups in total. The summed E-state index contributed by atoms with van der Waals surface area (Å²) in [6.45, 7) is 2.88. The monoisotopic (exact) mass is 264 g/mol. The molecule has 5 heteroatoms. The van der Waals surface area contributed by atoms with E-state index in [-0.39, 0.29) is 12.2 Å². The van der Waals surface area contributed by atoms with Crippen LogP contribution in [0.3, 0.4) is 0 Å². The minimum atomic E-state index is -0.802. The van der Waals surface area contributed by atoms with Gasteiger partial charge in [0, 0.05) is 25.5 Å². The second kappa shape index (κ2) is 5.82. The van der Waals surface area contributed by atoms with Crippen LogP contribution >= 0.6 is 0 Å². The normalized spacial score (nSPS) is 11.1. The molecule has 0 spiro atoms. The summed E-state index contributed by atoms with van der Waals surface area (Å²) in [5.74, 6) is -0.265. The molecule has 0 amide bonds. The van der Waals surface area contributed by atoms with Crippen LogP contribution in [-0.4, -0.2) is 20.6 Å². The quantitative estimate of drug-likeness (QED) is 0.872. The van der Waals surface area contributed by atoms with Crippen molar-refractivity contribution in [1.82, 2.24) is 9.55 Å². The number of carboxylic acids is 1. The molecule has 4 nitrogen and oxygen atoms in total. The van der Waals surface area contributed by atoms with Gasteiger partial charge in [-0.05, 0) is 25.0 Å². The van der Waals surface area contributed by atoms with E-state index in [1.807, 2.05) is 0 Å². The molecule has 0 bridgehead atoms. The first-order chi connectivity index (χ1) is 9.11. The summed E-state index contributed by atoms with van der Waals surface area (Å²) in [5, 5.41) is 8.66. The number of carboxylic acid groups (broad SMARTS) is 1. The predicted octanol–water partition coefficient (Wildman–Crippen LogP) is 2.99. The fraction of sp³-hybridized carbons (Fsp3) is 0.429. The largest absolute Gasteiger partial charge is 0.481 e. The van der Waals surface area contributed by atoms with E-state index in [9.17, 15) is 9.18 Å². The van der Waals surface area contributed by atoms with Gasteiger partial charge in [0.1, 0.15) is 11.6 Å². The second-order valence-corrected chi connectivity index (χ2v) is 4.56. The maximum Gasteiger partial charge on any atom is 0.303 e. The Morgan fingerprint density at radius 1 is 1.47 bits per heavy atom. The molecule has 19 heavy (non-hydrogen) atoms. The fourth-order valence-electron chi connectivity index (χ4n) is 2.21. The molecule has 0 saturated carbocycles. The summed E-state index contributed by atoms with van der Waals surface area (Å²) in [7, 11) is 0. The molecule has 0 radical (unpaired) electrons. The lowest BCUT2D eigenvalue weighted by molar-refractivity contribution is -0.137. The number of hydrogen-bond donors (Lipinski definition) is 1.